The Labute approximate surface area is 180 Å². The number of benzene rings is 2. The predicted molar refractivity (Wildman–Crippen MR) is 121 cm³/mol. The molecule has 1 aliphatic rings. The van der Waals surface area contributed by atoms with Crippen molar-refractivity contribution in [3.8, 4) is 34.2 Å². The second-order valence-electron chi connectivity index (χ2n) is 7.67. The van der Waals surface area contributed by atoms with E-state index in [1.54, 1.807) is 12.3 Å². The number of nitrogen functional groups attached to an aromatic ring is 1. The molecule has 3 N–H and O–H groups in total. The molecule has 6 heteroatoms. The number of anilines is 1. The van der Waals surface area contributed by atoms with Gasteiger partial charge in [0.2, 0.25) is 0 Å². The van der Waals surface area contributed by atoms with Gasteiger partial charge in [-0.2, -0.15) is 5.26 Å². The Kier molecular flexibility index (Phi) is 5.03. The van der Waals surface area contributed by atoms with Crippen LogP contribution in [0.5, 0.6) is 5.75 Å². The molecule has 3 heterocycles. The summed E-state index contributed by atoms with van der Waals surface area (Å²) in [7, 11) is 0. The van der Waals surface area contributed by atoms with Crippen molar-refractivity contribution in [2.75, 3.05) is 18.9 Å². The third kappa shape index (κ3) is 3.83. The van der Waals surface area contributed by atoms with Gasteiger partial charge >= 0.3 is 0 Å². The average Bonchev–Trinajstić information content (AvgIpc) is 3.25. The maximum Gasteiger partial charge on any atom is 0.137 e. The summed E-state index contributed by atoms with van der Waals surface area (Å²) in [6, 6.07) is 20.1. The largest absolute Gasteiger partial charge is 0.489 e. The molecular weight excluding hydrogens is 388 g/mol. The normalized spacial score (nSPS) is 14.4. The van der Waals surface area contributed by atoms with E-state index in [1.807, 2.05) is 36.4 Å². The first-order valence-corrected chi connectivity index (χ1v) is 10.3. The lowest BCUT2D eigenvalue weighted by atomic mass is 9.99. The quantitative estimate of drug-likeness (QED) is 0.498. The summed E-state index contributed by atoms with van der Waals surface area (Å²) in [4.78, 5) is 7.64. The molecular formula is C25H22N4O2. The van der Waals surface area contributed by atoms with E-state index in [9.17, 15) is 5.26 Å². The molecule has 154 valence electrons. The van der Waals surface area contributed by atoms with Gasteiger partial charge in [0.1, 0.15) is 23.7 Å². The van der Waals surface area contributed by atoms with Gasteiger partial charge < -0.3 is 20.2 Å². The summed E-state index contributed by atoms with van der Waals surface area (Å²) < 4.78 is 11.5. The number of hydrogen-bond acceptors (Lipinski definition) is 5. The fourth-order valence-electron chi connectivity index (χ4n) is 3.99. The molecule has 6 nitrogen and oxygen atoms in total. The highest BCUT2D eigenvalue weighted by molar-refractivity contribution is 5.98. The molecule has 0 saturated carbocycles. The van der Waals surface area contributed by atoms with Crippen LogP contribution in [0.4, 0.5) is 5.82 Å². The monoisotopic (exact) mass is 410 g/mol. The van der Waals surface area contributed by atoms with E-state index in [-0.39, 0.29) is 6.10 Å². The smallest absolute Gasteiger partial charge is 0.137 e. The third-order valence-electron chi connectivity index (χ3n) is 5.63. The number of nitrogens with zero attached hydrogens (tertiary/aromatic N) is 2. The maximum atomic E-state index is 9.73. The van der Waals surface area contributed by atoms with Crippen LogP contribution in [0.15, 0.2) is 60.8 Å². The zero-order valence-corrected chi connectivity index (χ0v) is 17.0. The van der Waals surface area contributed by atoms with E-state index in [4.69, 9.17) is 15.2 Å². The summed E-state index contributed by atoms with van der Waals surface area (Å²) in [6.45, 7) is 1.40. The predicted octanol–water partition coefficient (Wildman–Crippen LogP) is 4.91. The molecule has 31 heavy (non-hydrogen) atoms. The van der Waals surface area contributed by atoms with Gasteiger partial charge in [-0.25, -0.2) is 4.98 Å². The Hall–Kier alpha value is -3.82. The molecule has 0 bridgehead atoms. The fraction of sp³-hybridized carbons (Fsp3) is 0.200. The van der Waals surface area contributed by atoms with Crippen molar-refractivity contribution in [3.05, 3.63) is 66.4 Å². The highest BCUT2D eigenvalue weighted by atomic mass is 16.5. The van der Waals surface area contributed by atoms with Crippen molar-refractivity contribution in [1.29, 1.82) is 5.26 Å². The average molecular weight is 410 g/mol. The first-order valence-electron chi connectivity index (χ1n) is 10.3. The van der Waals surface area contributed by atoms with Crippen LogP contribution < -0.4 is 10.5 Å². The number of aromatic amines is 1. The van der Waals surface area contributed by atoms with Crippen LogP contribution in [0.3, 0.4) is 0 Å². The van der Waals surface area contributed by atoms with E-state index < -0.39 is 0 Å². The molecule has 2 aromatic heterocycles. The molecule has 0 radical (unpaired) electrons. The van der Waals surface area contributed by atoms with Gasteiger partial charge in [0.15, 0.2) is 0 Å². The Morgan fingerprint density at radius 2 is 1.90 bits per heavy atom. The van der Waals surface area contributed by atoms with Crippen molar-refractivity contribution in [3.63, 3.8) is 0 Å². The molecule has 5 rings (SSSR count). The van der Waals surface area contributed by atoms with Gasteiger partial charge in [0.05, 0.1) is 18.8 Å². The number of nitriles is 1. The molecule has 0 atom stereocenters. The highest BCUT2D eigenvalue weighted by Gasteiger charge is 2.18. The molecule has 1 aliphatic heterocycles. The van der Waals surface area contributed by atoms with Crippen LogP contribution in [0, 0.1) is 11.3 Å². The Morgan fingerprint density at radius 1 is 1.06 bits per heavy atom. The number of pyridine rings is 1. The van der Waals surface area contributed by atoms with Crippen molar-refractivity contribution < 1.29 is 9.47 Å². The second-order valence-corrected chi connectivity index (χ2v) is 7.67. The minimum atomic E-state index is 0.0934. The zero-order chi connectivity index (χ0) is 21.2. The topological polar surface area (TPSA) is 97.0 Å². The van der Waals surface area contributed by atoms with Crippen LogP contribution in [0.25, 0.3) is 33.3 Å². The van der Waals surface area contributed by atoms with Crippen LogP contribution >= 0.6 is 0 Å². The van der Waals surface area contributed by atoms with Crippen molar-refractivity contribution >= 4 is 16.7 Å². The first kappa shape index (κ1) is 19.2. The van der Waals surface area contributed by atoms with Crippen molar-refractivity contribution in [1.82, 2.24) is 9.97 Å². The molecule has 0 spiro atoms. The number of hydrogen-bond donors (Lipinski definition) is 2. The SMILES string of the molecule is N#Cc1cc(-c2cccc3[nH]c(-c4ccc(N)nc4)cc23)ccc1OC1CCOCC1. The van der Waals surface area contributed by atoms with E-state index in [0.717, 1.165) is 46.1 Å². The lowest BCUT2D eigenvalue weighted by Gasteiger charge is -2.24. The van der Waals surface area contributed by atoms with Crippen LogP contribution in [-0.4, -0.2) is 29.3 Å². The zero-order valence-electron chi connectivity index (χ0n) is 17.0. The van der Waals surface area contributed by atoms with Crippen LogP contribution in [-0.2, 0) is 4.74 Å². The molecule has 0 aliphatic carbocycles. The van der Waals surface area contributed by atoms with Gasteiger partial charge in [-0.1, -0.05) is 18.2 Å². The van der Waals surface area contributed by atoms with E-state index in [1.165, 1.54) is 0 Å². The maximum absolute atomic E-state index is 9.73. The number of nitrogens with two attached hydrogens (primary N) is 1. The van der Waals surface area contributed by atoms with E-state index >= 15 is 0 Å². The van der Waals surface area contributed by atoms with E-state index in [0.29, 0.717) is 30.3 Å². The van der Waals surface area contributed by atoms with Gasteiger partial charge in [-0.3, -0.25) is 0 Å². The van der Waals surface area contributed by atoms with Crippen molar-refractivity contribution in [2.45, 2.75) is 18.9 Å². The minimum Gasteiger partial charge on any atom is -0.489 e. The molecule has 0 amide bonds. The number of H-pyrrole nitrogens is 1. The van der Waals surface area contributed by atoms with Crippen LogP contribution in [0.1, 0.15) is 18.4 Å². The van der Waals surface area contributed by atoms with Gasteiger partial charge in [0, 0.05) is 41.2 Å². The highest BCUT2D eigenvalue weighted by Crippen LogP contribution is 2.34. The summed E-state index contributed by atoms with van der Waals surface area (Å²) in [6.07, 6.45) is 3.54. The summed E-state index contributed by atoms with van der Waals surface area (Å²) in [5, 5.41) is 10.8. The van der Waals surface area contributed by atoms with Gasteiger partial charge in [-0.05, 0) is 47.5 Å². The molecule has 1 saturated heterocycles. The first-order chi connectivity index (χ1) is 15.2. The van der Waals surface area contributed by atoms with Gasteiger partial charge in [-0.15, -0.1) is 0 Å². The van der Waals surface area contributed by atoms with E-state index in [2.05, 4.69) is 28.2 Å². The number of ether oxygens (including phenoxy) is 2. The summed E-state index contributed by atoms with van der Waals surface area (Å²) >= 11 is 0. The minimum absolute atomic E-state index is 0.0934. The summed E-state index contributed by atoms with van der Waals surface area (Å²) in [5.41, 5.74) is 11.2. The van der Waals surface area contributed by atoms with Gasteiger partial charge in [0.25, 0.3) is 0 Å². The lowest BCUT2D eigenvalue weighted by molar-refractivity contribution is 0.0254. The Balaban J connectivity index is 1.51. The Bertz CT molecular complexity index is 1270. The van der Waals surface area contributed by atoms with Crippen molar-refractivity contribution in [2.24, 2.45) is 0 Å². The third-order valence-corrected chi connectivity index (χ3v) is 5.63. The Morgan fingerprint density at radius 3 is 2.68 bits per heavy atom. The number of aromatic nitrogens is 2. The standard InChI is InChI=1S/C25H22N4O2/c26-14-18-12-16(4-6-24(18)31-19-8-10-30-11-9-19)20-2-1-3-22-21(20)13-23(29-22)17-5-7-25(27)28-15-17/h1-7,12-13,15,19,29H,8-11H2,(H2,27,28). The number of nitrogens with one attached hydrogen (secondary N) is 1. The number of fused-ring (bicyclic) bond motifs is 1. The molecule has 2 aromatic carbocycles. The molecule has 1 fully saturated rings. The fourth-order valence-corrected chi connectivity index (χ4v) is 3.99. The van der Waals surface area contributed by atoms with Crippen LogP contribution in [0.2, 0.25) is 0 Å². The number of rotatable bonds is 4. The molecule has 0 unspecified atom stereocenters. The second kappa shape index (κ2) is 8.13. The summed E-state index contributed by atoms with van der Waals surface area (Å²) in [5.74, 6) is 1.13. The molecule has 4 aromatic rings. The lowest BCUT2D eigenvalue weighted by Crippen LogP contribution is -2.26.